The second-order valence-corrected chi connectivity index (χ2v) is 6.29. The lowest BCUT2D eigenvalue weighted by Crippen LogP contribution is -2.05. The standard InChI is InChI=1S/C17H17BrF2/c1-10-7-11(2)17(12(3)8-10)14(18)9-13-15(19)5-4-6-16(13)20/h4-8,14H,9H2,1-3H3. The number of halogens is 3. The van der Waals surface area contributed by atoms with Gasteiger partial charge in [-0.05, 0) is 56.0 Å². The fraction of sp³-hybridized carbons (Fsp3) is 0.294. The first-order valence-electron chi connectivity index (χ1n) is 6.55. The highest BCUT2D eigenvalue weighted by atomic mass is 79.9. The highest BCUT2D eigenvalue weighted by Gasteiger charge is 2.18. The van der Waals surface area contributed by atoms with Crippen molar-refractivity contribution in [2.45, 2.75) is 32.0 Å². The van der Waals surface area contributed by atoms with E-state index in [1.165, 1.54) is 23.8 Å². The van der Waals surface area contributed by atoms with Crippen molar-refractivity contribution in [1.82, 2.24) is 0 Å². The average molecular weight is 339 g/mol. The van der Waals surface area contributed by atoms with E-state index in [-0.39, 0.29) is 10.4 Å². The second-order valence-electron chi connectivity index (χ2n) is 5.18. The van der Waals surface area contributed by atoms with Crippen molar-refractivity contribution in [1.29, 1.82) is 0 Å². The van der Waals surface area contributed by atoms with Crippen molar-refractivity contribution in [2.75, 3.05) is 0 Å². The summed E-state index contributed by atoms with van der Waals surface area (Å²) in [7, 11) is 0. The highest BCUT2D eigenvalue weighted by Crippen LogP contribution is 2.33. The predicted octanol–water partition coefficient (Wildman–Crippen LogP) is 5.57. The van der Waals surface area contributed by atoms with Crippen molar-refractivity contribution >= 4 is 15.9 Å². The van der Waals surface area contributed by atoms with Crippen molar-refractivity contribution < 1.29 is 8.78 Å². The molecule has 1 atom stereocenters. The SMILES string of the molecule is Cc1cc(C)c(C(Br)Cc2c(F)cccc2F)c(C)c1. The van der Waals surface area contributed by atoms with Crippen LogP contribution in [-0.2, 0) is 6.42 Å². The minimum absolute atomic E-state index is 0.102. The summed E-state index contributed by atoms with van der Waals surface area (Å²) < 4.78 is 27.5. The van der Waals surface area contributed by atoms with Crippen molar-refractivity contribution in [3.63, 3.8) is 0 Å². The maximum Gasteiger partial charge on any atom is 0.129 e. The molecular formula is C17H17BrF2. The van der Waals surface area contributed by atoms with Crippen LogP contribution in [0.1, 0.15) is 32.6 Å². The number of hydrogen-bond donors (Lipinski definition) is 0. The van der Waals surface area contributed by atoms with Crippen LogP contribution in [0.25, 0.3) is 0 Å². The number of rotatable bonds is 3. The van der Waals surface area contributed by atoms with E-state index < -0.39 is 11.6 Å². The Morgan fingerprint density at radius 3 is 2.00 bits per heavy atom. The van der Waals surface area contributed by atoms with Crippen molar-refractivity contribution in [2.24, 2.45) is 0 Å². The van der Waals surface area contributed by atoms with Crippen molar-refractivity contribution in [3.8, 4) is 0 Å². The highest BCUT2D eigenvalue weighted by molar-refractivity contribution is 9.09. The third kappa shape index (κ3) is 3.09. The van der Waals surface area contributed by atoms with E-state index in [4.69, 9.17) is 0 Å². The zero-order chi connectivity index (χ0) is 14.9. The number of alkyl halides is 1. The molecule has 0 bridgehead atoms. The zero-order valence-corrected chi connectivity index (χ0v) is 13.4. The van der Waals surface area contributed by atoms with Crippen LogP contribution in [0, 0.1) is 32.4 Å². The summed E-state index contributed by atoms with van der Waals surface area (Å²) in [6.45, 7) is 6.10. The van der Waals surface area contributed by atoms with Gasteiger partial charge in [0.05, 0.1) is 0 Å². The topological polar surface area (TPSA) is 0 Å². The molecule has 2 aromatic carbocycles. The molecule has 0 fully saturated rings. The molecule has 0 aliphatic carbocycles. The van der Waals surface area contributed by atoms with Gasteiger partial charge in [-0.3, -0.25) is 0 Å². The molecule has 0 spiro atoms. The van der Waals surface area contributed by atoms with E-state index in [2.05, 4.69) is 28.1 Å². The third-order valence-electron chi connectivity index (χ3n) is 3.50. The Hall–Kier alpha value is -1.22. The zero-order valence-electron chi connectivity index (χ0n) is 11.8. The van der Waals surface area contributed by atoms with E-state index in [9.17, 15) is 8.78 Å². The lowest BCUT2D eigenvalue weighted by molar-refractivity contribution is 0.554. The molecule has 0 heterocycles. The van der Waals surface area contributed by atoms with Crippen LogP contribution in [0.4, 0.5) is 8.78 Å². The smallest absolute Gasteiger partial charge is 0.129 e. The molecule has 106 valence electrons. The molecule has 2 aromatic rings. The summed E-state index contributed by atoms with van der Waals surface area (Å²) in [5.41, 5.74) is 4.72. The summed E-state index contributed by atoms with van der Waals surface area (Å²) in [4.78, 5) is -0.102. The Balaban J connectivity index is 2.36. The van der Waals surface area contributed by atoms with Gasteiger partial charge in [0.2, 0.25) is 0 Å². The normalized spacial score (nSPS) is 12.5. The minimum Gasteiger partial charge on any atom is -0.207 e. The molecule has 1 unspecified atom stereocenters. The molecule has 0 saturated heterocycles. The maximum atomic E-state index is 13.7. The van der Waals surface area contributed by atoms with Gasteiger partial charge in [-0.2, -0.15) is 0 Å². The van der Waals surface area contributed by atoms with Gasteiger partial charge in [-0.25, -0.2) is 8.78 Å². The third-order valence-corrected chi connectivity index (χ3v) is 4.28. The van der Waals surface area contributed by atoms with Crippen LogP contribution in [0.15, 0.2) is 30.3 Å². The Morgan fingerprint density at radius 1 is 1.00 bits per heavy atom. The van der Waals surface area contributed by atoms with Gasteiger partial charge >= 0.3 is 0 Å². The van der Waals surface area contributed by atoms with Crippen LogP contribution >= 0.6 is 15.9 Å². The minimum atomic E-state index is -0.489. The molecule has 0 aromatic heterocycles. The summed E-state index contributed by atoms with van der Waals surface area (Å²) in [5.74, 6) is -0.978. The van der Waals surface area contributed by atoms with Crippen LogP contribution < -0.4 is 0 Å². The molecule has 0 saturated carbocycles. The largest absolute Gasteiger partial charge is 0.207 e. The first kappa shape index (κ1) is 15.2. The monoisotopic (exact) mass is 338 g/mol. The van der Waals surface area contributed by atoms with E-state index in [1.54, 1.807) is 0 Å². The van der Waals surface area contributed by atoms with Gasteiger partial charge in [-0.1, -0.05) is 39.7 Å². The number of aryl methyl sites for hydroxylation is 3. The summed E-state index contributed by atoms with van der Waals surface area (Å²) >= 11 is 3.58. The maximum absolute atomic E-state index is 13.7. The van der Waals surface area contributed by atoms with Gasteiger partial charge in [-0.15, -0.1) is 0 Å². The first-order chi connectivity index (χ1) is 9.40. The number of hydrogen-bond acceptors (Lipinski definition) is 0. The Labute approximate surface area is 127 Å². The fourth-order valence-corrected chi connectivity index (χ4v) is 3.74. The molecule has 0 N–H and O–H groups in total. The van der Waals surface area contributed by atoms with Crippen LogP contribution in [-0.4, -0.2) is 0 Å². The van der Waals surface area contributed by atoms with Gasteiger partial charge in [0.25, 0.3) is 0 Å². The molecule has 0 aliphatic heterocycles. The van der Waals surface area contributed by atoms with Gasteiger partial charge in [0, 0.05) is 10.4 Å². The lowest BCUT2D eigenvalue weighted by atomic mass is 9.94. The predicted molar refractivity (Wildman–Crippen MR) is 82.4 cm³/mol. The second kappa shape index (κ2) is 6.04. The molecule has 0 radical (unpaired) electrons. The molecule has 0 nitrogen and oxygen atoms in total. The first-order valence-corrected chi connectivity index (χ1v) is 7.46. The van der Waals surface area contributed by atoms with E-state index >= 15 is 0 Å². The fourth-order valence-electron chi connectivity index (χ4n) is 2.69. The quantitative estimate of drug-likeness (QED) is 0.642. The van der Waals surface area contributed by atoms with Gasteiger partial charge in [0.15, 0.2) is 0 Å². The molecule has 0 amide bonds. The summed E-state index contributed by atoms with van der Waals surface area (Å²) in [5, 5.41) is 0. The van der Waals surface area contributed by atoms with Crippen molar-refractivity contribution in [3.05, 3.63) is 69.8 Å². The summed E-state index contributed by atoms with van der Waals surface area (Å²) in [6.07, 6.45) is 0.295. The van der Waals surface area contributed by atoms with Crippen LogP contribution in [0.3, 0.4) is 0 Å². The summed E-state index contributed by atoms with van der Waals surface area (Å²) in [6, 6.07) is 8.17. The molecule has 0 aliphatic rings. The van der Waals surface area contributed by atoms with Gasteiger partial charge in [0.1, 0.15) is 11.6 Å². The average Bonchev–Trinajstić information content (AvgIpc) is 2.32. The van der Waals surface area contributed by atoms with Gasteiger partial charge < -0.3 is 0 Å². The van der Waals surface area contributed by atoms with Crippen LogP contribution in [0.2, 0.25) is 0 Å². The van der Waals surface area contributed by atoms with Crippen LogP contribution in [0.5, 0.6) is 0 Å². The molecule has 3 heteroatoms. The van der Waals surface area contributed by atoms with E-state index in [1.807, 2.05) is 20.8 Å². The Morgan fingerprint density at radius 2 is 1.50 bits per heavy atom. The van der Waals surface area contributed by atoms with E-state index in [0.29, 0.717) is 6.42 Å². The molecule has 20 heavy (non-hydrogen) atoms. The Bertz CT molecular complexity index is 592. The molecule has 2 rings (SSSR count). The van der Waals surface area contributed by atoms with E-state index in [0.717, 1.165) is 16.7 Å². The lowest BCUT2D eigenvalue weighted by Gasteiger charge is -2.18. The Kier molecular flexibility index (Phi) is 4.59. The number of benzene rings is 2. The molecular weight excluding hydrogens is 322 g/mol.